The molecule has 2 atom stereocenters. The summed E-state index contributed by atoms with van der Waals surface area (Å²) in [7, 11) is 0. The maximum Gasteiger partial charge on any atom is 0.252 e. The monoisotopic (exact) mass is 407 g/mol. The van der Waals surface area contributed by atoms with E-state index < -0.39 is 0 Å². The molecule has 2 unspecified atom stereocenters. The number of hydrogen-bond acceptors (Lipinski definition) is 1. The lowest BCUT2D eigenvalue weighted by molar-refractivity contribution is 0.0947. The molecule has 2 rings (SSSR count). The summed E-state index contributed by atoms with van der Waals surface area (Å²) < 4.78 is 1.00. The van der Waals surface area contributed by atoms with Crippen LogP contribution in [0.1, 0.15) is 29.6 Å². The Bertz CT molecular complexity index is 410. The van der Waals surface area contributed by atoms with Gasteiger partial charge in [0, 0.05) is 14.9 Å². The first-order chi connectivity index (χ1) is 8.18. The Labute approximate surface area is 124 Å². The summed E-state index contributed by atoms with van der Waals surface area (Å²) in [6.07, 6.45) is 3.70. The molecular formula is C13H15BrINO. The highest BCUT2D eigenvalue weighted by Gasteiger charge is 2.25. The van der Waals surface area contributed by atoms with E-state index in [2.05, 4.69) is 43.8 Å². The van der Waals surface area contributed by atoms with Gasteiger partial charge in [0.15, 0.2) is 0 Å². The van der Waals surface area contributed by atoms with Gasteiger partial charge in [-0.25, -0.2) is 0 Å². The summed E-state index contributed by atoms with van der Waals surface area (Å²) in [5.41, 5.74) is 0.775. The van der Waals surface area contributed by atoms with Crippen LogP contribution < -0.4 is 5.32 Å². The molecule has 1 amide bonds. The van der Waals surface area contributed by atoms with Gasteiger partial charge in [0.05, 0.1) is 5.56 Å². The van der Waals surface area contributed by atoms with Gasteiger partial charge >= 0.3 is 0 Å². The first-order valence-electron chi connectivity index (χ1n) is 5.85. The van der Waals surface area contributed by atoms with E-state index in [4.69, 9.17) is 0 Å². The zero-order valence-corrected chi connectivity index (χ0v) is 13.2. The Morgan fingerprint density at radius 1 is 1.41 bits per heavy atom. The van der Waals surface area contributed by atoms with Gasteiger partial charge in [-0.3, -0.25) is 4.79 Å². The number of amides is 1. The zero-order chi connectivity index (χ0) is 12.3. The average Bonchev–Trinajstić information content (AvgIpc) is 2.72. The predicted molar refractivity (Wildman–Crippen MR) is 81.5 cm³/mol. The molecule has 1 aliphatic carbocycles. The van der Waals surface area contributed by atoms with Crippen LogP contribution >= 0.6 is 38.5 Å². The Balaban J connectivity index is 1.91. The van der Waals surface area contributed by atoms with Crippen molar-refractivity contribution in [3.8, 4) is 0 Å². The molecule has 17 heavy (non-hydrogen) atoms. The third-order valence-electron chi connectivity index (χ3n) is 3.21. The number of halogens is 2. The SMILES string of the molecule is O=C(NCC1CCCC1Br)c1ccccc1I. The van der Waals surface area contributed by atoms with E-state index in [0.717, 1.165) is 15.7 Å². The van der Waals surface area contributed by atoms with Gasteiger partial charge in [0.1, 0.15) is 0 Å². The van der Waals surface area contributed by atoms with Crippen LogP contribution in [-0.4, -0.2) is 17.3 Å². The van der Waals surface area contributed by atoms with Crippen LogP contribution in [0.3, 0.4) is 0 Å². The van der Waals surface area contributed by atoms with Gasteiger partial charge in [-0.1, -0.05) is 34.5 Å². The number of carbonyl (C=O) groups is 1. The van der Waals surface area contributed by atoms with Crippen molar-refractivity contribution in [1.29, 1.82) is 0 Å². The molecule has 0 radical (unpaired) electrons. The lowest BCUT2D eigenvalue weighted by atomic mass is 10.1. The quantitative estimate of drug-likeness (QED) is 0.602. The number of carbonyl (C=O) groups excluding carboxylic acids is 1. The van der Waals surface area contributed by atoms with Gasteiger partial charge in [-0.2, -0.15) is 0 Å². The molecule has 0 saturated heterocycles. The van der Waals surface area contributed by atoms with Crippen LogP contribution in [0.15, 0.2) is 24.3 Å². The van der Waals surface area contributed by atoms with E-state index in [-0.39, 0.29) is 5.91 Å². The highest BCUT2D eigenvalue weighted by Crippen LogP contribution is 2.30. The number of rotatable bonds is 3. The van der Waals surface area contributed by atoms with Crippen molar-refractivity contribution in [2.24, 2.45) is 5.92 Å². The van der Waals surface area contributed by atoms with Crippen molar-refractivity contribution in [3.63, 3.8) is 0 Å². The zero-order valence-electron chi connectivity index (χ0n) is 9.46. The summed E-state index contributed by atoms with van der Waals surface area (Å²) >= 11 is 5.87. The Hall–Kier alpha value is -0.100. The molecule has 1 aromatic carbocycles. The van der Waals surface area contributed by atoms with Crippen molar-refractivity contribution in [2.45, 2.75) is 24.1 Å². The lowest BCUT2D eigenvalue weighted by Crippen LogP contribution is -2.31. The van der Waals surface area contributed by atoms with Gasteiger partial charge < -0.3 is 5.32 Å². The second-order valence-corrected chi connectivity index (χ2v) is 6.74. The van der Waals surface area contributed by atoms with Crippen molar-refractivity contribution in [2.75, 3.05) is 6.54 Å². The second-order valence-electron chi connectivity index (χ2n) is 4.40. The van der Waals surface area contributed by atoms with Crippen LogP contribution in [-0.2, 0) is 0 Å². The third kappa shape index (κ3) is 3.44. The Morgan fingerprint density at radius 3 is 2.82 bits per heavy atom. The summed E-state index contributed by atoms with van der Waals surface area (Å²) in [5.74, 6) is 0.627. The van der Waals surface area contributed by atoms with Crippen LogP contribution in [0, 0.1) is 9.49 Å². The Kier molecular flexibility index (Phi) is 4.85. The molecule has 1 fully saturated rings. The number of benzene rings is 1. The first kappa shape index (κ1) is 13.3. The van der Waals surface area contributed by atoms with Crippen LogP contribution in [0.4, 0.5) is 0 Å². The molecule has 1 aliphatic rings. The van der Waals surface area contributed by atoms with E-state index in [1.807, 2.05) is 24.3 Å². The molecule has 92 valence electrons. The Morgan fingerprint density at radius 2 is 2.18 bits per heavy atom. The predicted octanol–water partition coefficient (Wildman–Crippen LogP) is 3.58. The first-order valence-corrected chi connectivity index (χ1v) is 7.84. The standard InChI is InChI=1S/C13H15BrINO/c14-11-6-3-4-9(11)8-16-13(17)10-5-1-2-7-12(10)15/h1-2,5,7,9,11H,3-4,6,8H2,(H,16,17). The minimum absolute atomic E-state index is 0.0431. The molecule has 0 heterocycles. The van der Waals surface area contributed by atoms with Crippen molar-refractivity contribution in [3.05, 3.63) is 33.4 Å². The van der Waals surface area contributed by atoms with Gasteiger partial charge in [0.2, 0.25) is 0 Å². The molecule has 0 spiro atoms. The fourth-order valence-electron chi connectivity index (χ4n) is 2.19. The second kappa shape index (κ2) is 6.18. The molecular weight excluding hydrogens is 393 g/mol. The van der Waals surface area contributed by atoms with Crippen molar-refractivity contribution >= 4 is 44.4 Å². The van der Waals surface area contributed by atoms with Crippen LogP contribution in [0.2, 0.25) is 0 Å². The van der Waals surface area contributed by atoms with Crippen LogP contribution in [0.25, 0.3) is 0 Å². The normalized spacial score (nSPS) is 23.6. The van der Waals surface area contributed by atoms with E-state index in [1.165, 1.54) is 19.3 Å². The summed E-state index contributed by atoms with van der Waals surface area (Å²) in [4.78, 5) is 12.6. The number of hydrogen-bond donors (Lipinski definition) is 1. The fraction of sp³-hybridized carbons (Fsp3) is 0.462. The van der Waals surface area contributed by atoms with Crippen molar-refractivity contribution < 1.29 is 4.79 Å². The molecule has 0 aliphatic heterocycles. The molecule has 1 N–H and O–H groups in total. The number of alkyl halides is 1. The van der Waals surface area contributed by atoms with Gasteiger partial charge in [-0.15, -0.1) is 0 Å². The summed E-state index contributed by atoms with van der Waals surface area (Å²) in [6.45, 7) is 0.778. The summed E-state index contributed by atoms with van der Waals surface area (Å²) in [6, 6.07) is 7.68. The maximum atomic E-state index is 12.0. The molecule has 0 aromatic heterocycles. The molecule has 4 heteroatoms. The maximum absolute atomic E-state index is 12.0. The third-order valence-corrected chi connectivity index (χ3v) is 5.36. The molecule has 1 aromatic rings. The van der Waals surface area contributed by atoms with E-state index in [1.54, 1.807) is 0 Å². The topological polar surface area (TPSA) is 29.1 Å². The summed E-state index contributed by atoms with van der Waals surface area (Å²) in [5, 5.41) is 3.04. The average molecular weight is 408 g/mol. The highest BCUT2D eigenvalue weighted by atomic mass is 127. The minimum atomic E-state index is 0.0431. The molecule has 1 saturated carbocycles. The van der Waals surface area contributed by atoms with Crippen molar-refractivity contribution in [1.82, 2.24) is 5.32 Å². The van der Waals surface area contributed by atoms with Gasteiger partial charge in [-0.05, 0) is 53.5 Å². The van der Waals surface area contributed by atoms with E-state index >= 15 is 0 Å². The van der Waals surface area contributed by atoms with Crippen LogP contribution in [0.5, 0.6) is 0 Å². The smallest absolute Gasteiger partial charge is 0.252 e. The van der Waals surface area contributed by atoms with E-state index in [0.29, 0.717) is 10.7 Å². The van der Waals surface area contributed by atoms with Gasteiger partial charge in [0.25, 0.3) is 5.91 Å². The highest BCUT2D eigenvalue weighted by molar-refractivity contribution is 14.1. The lowest BCUT2D eigenvalue weighted by Gasteiger charge is -2.15. The largest absolute Gasteiger partial charge is 0.352 e. The molecule has 0 bridgehead atoms. The molecule has 2 nitrogen and oxygen atoms in total. The fourth-order valence-corrected chi connectivity index (χ4v) is 3.59. The number of nitrogens with one attached hydrogen (secondary N) is 1. The van der Waals surface area contributed by atoms with E-state index in [9.17, 15) is 4.79 Å². The minimum Gasteiger partial charge on any atom is -0.352 e.